The fourth-order valence-corrected chi connectivity index (χ4v) is 9.53. The average molecular weight is 750 g/mol. The zero-order valence-electron chi connectivity index (χ0n) is 28.7. The molecule has 0 unspecified atom stereocenters. The van der Waals surface area contributed by atoms with Gasteiger partial charge in [-0.2, -0.15) is 0 Å². The van der Waals surface area contributed by atoms with Gasteiger partial charge in [0.05, 0.1) is 89.9 Å². The van der Waals surface area contributed by atoms with Crippen LogP contribution >= 0.6 is 11.8 Å². The van der Waals surface area contributed by atoms with Gasteiger partial charge in [-0.3, -0.25) is 13.8 Å². The molecular weight excluding hydrogens is 699 g/mol. The average Bonchev–Trinajstić information content (AvgIpc) is 3.83. The van der Waals surface area contributed by atoms with E-state index in [1.54, 1.807) is 11.8 Å². The lowest BCUT2D eigenvalue weighted by Gasteiger charge is -2.17. The SMILES string of the molecule is COC(=O)CCCC[C@@H]1S[C@@H](OCCOCCOCCOCCN=[N+]=[N-])[C@@H]2NC(=O)N[C@@H]21.COC(=O)CCCC[C@H]1[C@H]2NC(=O)N[C@H]2C[S@@]1=O. The number of ether oxygens (including phenoxy) is 6. The van der Waals surface area contributed by atoms with Crippen molar-refractivity contribution in [2.24, 2.45) is 5.11 Å². The molecule has 0 aromatic rings. The van der Waals surface area contributed by atoms with Crippen LogP contribution in [0.4, 0.5) is 9.59 Å². The maximum atomic E-state index is 11.9. The highest BCUT2D eigenvalue weighted by molar-refractivity contribution is 8.00. The van der Waals surface area contributed by atoms with Gasteiger partial charge >= 0.3 is 24.0 Å². The Kier molecular flexibility index (Phi) is 19.6. The Balaban J connectivity index is 0.000000316. The van der Waals surface area contributed by atoms with Crippen molar-refractivity contribution in [1.82, 2.24) is 21.3 Å². The van der Waals surface area contributed by atoms with Gasteiger partial charge in [-0.15, -0.1) is 11.8 Å². The Morgan fingerprint density at radius 2 is 1.36 bits per heavy atom. The summed E-state index contributed by atoms with van der Waals surface area (Å²) >= 11 is 1.72. The number of fused-ring (bicyclic) bond motifs is 2. The molecule has 4 fully saturated rings. The number of carbonyl (C=O) groups excluding carboxylic acids is 4. The van der Waals surface area contributed by atoms with Crippen molar-refractivity contribution in [3.63, 3.8) is 0 Å². The van der Waals surface area contributed by atoms with Crippen molar-refractivity contribution in [2.45, 2.75) is 91.5 Å². The number of urea groups is 2. The van der Waals surface area contributed by atoms with Crippen LogP contribution in [0.3, 0.4) is 0 Å². The number of nitrogens with one attached hydrogen (secondary N) is 4. The van der Waals surface area contributed by atoms with Gasteiger partial charge in [-0.05, 0) is 31.2 Å². The molecule has 0 spiro atoms. The summed E-state index contributed by atoms with van der Waals surface area (Å²) in [6, 6.07) is -0.385. The zero-order valence-corrected chi connectivity index (χ0v) is 30.3. The minimum atomic E-state index is -0.894. The number of methoxy groups -OCH3 is 2. The lowest BCUT2D eigenvalue weighted by molar-refractivity contribution is -0.141. The zero-order chi connectivity index (χ0) is 36.1. The van der Waals surface area contributed by atoms with Gasteiger partial charge < -0.3 is 49.7 Å². The van der Waals surface area contributed by atoms with E-state index in [2.05, 4.69) is 40.8 Å². The Hall–Kier alpha value is -2.87. The number of azide groups is 1. The molecular formula is C30H51N7O11S2. The highest BCUT2D eigenvalue weighted by Gasteiger charge is 2.49. The maximum absolute atomic E-state index is 11.9. The summed E-state index contributed by atoms with van der Waals surface area (Å²) in [6.07, 6.45) is 5.70. The largest absolute Gasteiger partial charge is 0.469 e. The lowest BCUT2D eigenvalue weighted by atomic mass is 10.0. The third kappa shape index (κ3) is 14.4. The second-order valence-corrected chi connectivity index (χ2v) is 14.9. The molecule has 18 nitrogen and oxygen atoms in total. The van der Waals surface area contributed by atoms with Gasteiger partial charge in [0.15, 0.2) is 0 Å². The van der Waals surface area contributed by atoms with E-state index >= 15 is 0 Å². The van der Waals surface area contributed by atoms with E-state index in [1.165, 1.54) is 14.2 Å². The van der Waals surface area contributed by atoms with Crippen molar-refractivity contribution in [1.29, 1.82) is 0 Å². The highest BCUT2D eigenvalue weighted by Crippen LogP contribution is 2.39. The van der Waals surface area contributed by atoms with Crippen LogP contribution in [0.25, 0.3) is 10.4 Å². The molecule has 4 aliphatic rings. The van der Waals surface area contributed by atoms with Crippen LogP contribution in [0.5, 0.6) is 0 Å². The summed E-state index contributed by atoms with van der Waals surface area (Å²) in [5.74, 6) is 0.127. The molecule has 20 heteroatoms. The molecule has 0 aromatic carbocycles. The second-order valence-electron chi connectivity index (χ2n) is 11.9. The quantitative estimate of drug-likeness (QED) is 0.0290. The lowest BCUT2D eigenvalue weighted by Crippen LogP contribution is -2.40. The monoisotopic (exact) mass is 749 g/mol. The van der Waals surface area contributed by atoms with Gasteiger partial charge in [0.2, 0.25) is 0 Å². The van der Waals surface area contributed by atoms with Crippen molar-refractivity contribution >= 4 is 46.6 Å². The summed E-state index contributed by atoms with van der Waals surface area (Å²) in [5, 5.41) is 15.1. The van der Waals surface area contributed by atoms with E-state index in [-0.39, 0.29) is 64.1 Å². The van der Waals surface area contributed by atoms with Crippen LogP contribution in [0.2, 0.25) is 0 Å². The summed E-state index contributed by atoms with van der Waals surface area (Å²) in [5.41, 5.74) is 8.00. The van der Waals surface area contributed by atoms with Gasteiger partial charge in [0.25, 0.3) is 0 Å². The molecule has 4 rings (SSSR count). The third-order valence-electron chi connectivity index (χ3n) is 8.46. The van der Waals surface area contributed by atoms with E-state index in [0.717, 1.165) is 38.5 Å². The Bertz CT molecular complexity index is 1170. The molecule has 0 aromatic heterocycles. The molecule has 284 valence electrons. The minimum absolute atomic E-state index is 0.00365. The highest BCUT2D eigenvalue weighted by atomic mass is 32.2. The number of rotatable bonds is 23. The molecule has 50 heavy (non-hydrogen) atoms. The van der Waals surface area contributed by atoms with Gasteiger partial charge in [-0.1, -0.05) is 18.0 Å². The summed E-state index contributed by atoms with van der Waals surface area (Å²) in [4.78, 5) is 47.8. The Labute approximate surface area is 298 Å². The van der Waals surface area contributed by atoms with Crippen LogP contribution in [0.1, 0.15) is 51.4 Å². The van der Waals surface area contributed by atoms with Crippen LogP contribution in [-0.4, -0.2) is 141 Å². The Morgan fingerprint density at radius 3 is 2.00 bits per heavy atom. The van der Waals surface area contributed by atoms with Crippen molar-refractivity contribution in [3.05, 3.63) is 10.4 Å². The topological polar surface area (TPSA) is 238 Å². The molecule has 4 saturated heterocycles. The first-order valence-electron chi connectivity index (χ1n) is 16.9. The standard InChI is InChI=1S/C19H33N5O7S.C11H18N2O4S/c1-27-15(25)5-3-2-4-14-16-17(23-19(26)22-16)18(32-14)31-13-12-30-11-10-29-9-8-28-7-6-21-24-20;1-17-9(14)5-3-2-4-8-10-7(6-18(8)16)12-11(15)13-10/h14,16-18H,2-13H2,1H3,(H2,22,23,26);7-8,10H,2-6H2,1H3,(H2,12,13,15)/t14-,16+,17+,18+;7-,8-,10-,18-/m00/s1. The number of hydrogen-bond donors (Lipinski definition) is 4. The predicted octanol–water partition coefficient (Wildman–Crippen LogP) is 1.49. The van der Waals surface area contributed by atoms with E-state index in [0.29, 0.717) is 71.4 Å². The second kappa shape index (κ2) is 23.6. The van der Waals surface area contributed by atoms with Crippen molar-refractivity contribution < 1.29 is 51.8 Å². The van der Waals surface area contributed by atoms with Gasteiger partial charge in [0.1, 0.15) is 5.44 Å². The number of esters is 2. The summed E-state index contributed by atoms with van der Waals surface area (Å²) in [7, 11) is 1.87. The molecule has 4 N–H and O–H groups in total. The fourth-order valence-electron chi connectivity index (χ4n) is 5.99. The van der Waals surface area contributed by atoms with Crippen LogP contribution in [-0.2, 0) is 48.8 Å². The normalized spacial score (nSPS) is 27.4. The van der Waals surface area contributed by atoms with E-state index in [4.69, 9.17) is 24.5 Å². The molecule has 8 atom stereocenters. The van der Waals surface area contributed by atoms with Crippen LogP contribution < -0.4 is 21.3 Å². The molecule has 0 radical (unpaired) electrons. The maximum Gasteiger partial charge on any atom is 0.315 e. The molecule has 4 aliphatic heterocycles. The molecule has 4 amide bonds. The molecule has 0 saturated carbocycles. The summed E-state index contributed by atoms with van der Waals surface area (Å²) in [6.45, 7) is 3.35. The van der Waals surface area contributed by atoms with Gasteiger partial charge in [0, 0.05) is 46.1 Å². The number of thioether (sulfide) groups is 1. The number of nitrogens with zero attached hydrogens (tertiary/aromatic N) is 3. The number of unbranched alkanes of at least 4 members (excludes halogenated alkanes) is 2. The van der Waals surface area contributed by atoms with Crippen LogP contribution in [0, 0.1) is 0 Å². The van der Waals surface area contributed by atoms with Crippen molar-refractivity contribution in [2.75, 3.05) is 72.8 Å². The molecule has 0 aliphatic carbocycles. The third-order valence-corrected chi connectivity index (χ3v) is 11.9. The predicted molar refractivity (Wildman–Crippen MR) is 184 cm³/mol. The molecule has 0 bridgehead atoms. The first kappa shape index (κ1) is 41.5. The van der Waals surface area contributed by atoms with E-state index in [9.17, 15) is 23.4 Å². The number of carbonyl (C=O) groups is 4. The Morgan fingerprint density at radius 1 is 0.800 bits per heavy atom. The number of amides is 4. The minimum Gasteiger partial charge on any atom is -0.469 e. The smallest absolute Gasteiger partial charge is 0.315 e. The molecule has 4 heterocycles. The van der Waals surface area contributed by atoms with E-state index in [1.807, 2.05) is 0 Å². The van der Waals surface area contributed by atoms with Crippen LogP contribution in [0.15, 0.2) is 5.11 Å². The number of hydrogen-bond acceptors (Lipinski definition) is 13. The van der Waals surface area contributed by atoms with Gasteiger partial charge in [-0.25, -0.2) is 9.59 Å². The fraction of sp³-hybridized carbons (Fsp3) is 0.867. The van der Waals surface area contributed by atoms with E-state index < -0.39 is 10.8 Å². The summed E-state index contributed by atoms with van der Waals surface area (Å²) < 4.78 is 43.2. The first-order valence-corrected chi connectivity index (χ1v) is 19.3. The first-order chi connectivity index (χ1) is 24.3. The van der Waals surface area contributed by atoms with Crippen molar-refractivity contribution in [3.8, 4) is 0 Å².